The fraction of sp³-hybridized carbons (Fsp3) is 0.692. The van der Waals surface area contributed by atoms with Crippen molar-refractivity contribution in [2.75, 3.05) is 31.1 Å². The molecular formula is C13H21N3OS. The molecule has 0 aliphatic carbocycles. The molecule has 1 aromatic heterocycles. The average molecular weight is 267 g/mol. The third kappa shape index (κ3) is 3.45. The normalized spacial score (nSPS) is 16.1. The molecule has 2 rings (SSSR count). The zero-order valence-electron chi connectivity index (χ0n) is 11.0. The van der Waals surface area contributed by atoms with Crippen LogP contribution in [0.25, 0.3) is 0 Å². The summed E-state index contributed by atoms with van der Waals surface area (Å²) in [6, 6.07) is 0. The number of amides is 1. The lowest BCUT2D eigenvalue weighted by Gasteiger charge is -2.34. The fourth-order valence-electron chi connectivity index (χ4n) is 2.20. The molecule has 0 spiro atoms. The Hall–Kier alpha value is -1.10. The minimum atomic E-state index is 0.322. The first kappa shape index (κ1) is 13.3. The van der Waals surface area contributed by atoms with Crippen LogP contribution in [-0.4, -0.2) is 42.0 Å². The standard InChI is InChI=1S/C13H21N3OS/c1-2-3-4-5-12(17)15-7-9-16(10-8-15)13-14-6-11-18-13/h6,11H,2-5,7-10H2,1H3. The van der Waals surface area contributed by atoms with E-state index in [1.807, 2.05) is 16.5 Å². The van der Waals surface area contributed by atoms with Gasteiger partial charge >= 0.3 is 0 Å². The van der Waals surface area contributed by atoms with Crippen molar-refractivity contribution in [1.82, 2.24) is 9.88 Å². The molecule has 1 aliphatic heterocycles. The summed E-state index contributed by atoms with van der Waals surface area (Å²) in [5.74, 6) is 0.322. The maximum Gasteiger partial charge on any atom is 0.222 e. The highest BCUT2D eigenvalue weighted by atomic mass is 32.1. The molecule has 1 saturated heterocycles. The number of carbonyl (C=O) groups excluding carboxylic acids is 1. The van der Waals surface area contributed by atoms with Crippen LogP contribution in [0.2, 0.25) is 0 Å². The molecule has 0 atom stereocenters. The molecule has 0 bridgehead atoms. The molecule has 1 fully saturated rings. The van der Waals surface area contributed by atoms with Crippen LogP contribution in [0.15, 0.2) is 11.6 Å². The van der Waals surface area contributed by atoms with Gasteiger partial charge in [-0.25, -0.2) is 4.98 Å². The van der Waals surface area contributed by atoms with Gasteiger partial charge in [-0.3, -0.25) is 4.79 Å². The summed E-state index contributed by atoms with van der Waals surface area (Å²) in [6.45, 7) is 5.66. The topological polar surface area (TPSA) is 36.4 Å². The van der Waals surface area contributed by atoms with Crippen molar-refractivity contribution in [2.24, 2.45) is 0 Å². The van der Waals surface area contributed by atoms with Crippen molar-refractivity contribution in [3.8, 4) is 0 Å². The van der Waals surface area contributed by atoms with Gasteiger partial charge in [-0.2, -0.15) is 0 Å². The van der Waals surface area contributed by atoms with Gasteiger partial charge in [0.2, 0.25) is 5.91 Å². The quantitative estimate of drug-likeness (QED) is 0.769. The second kappa shape index (κ2) is 6.73. The van der Waals surface area contributed by atoms with Crippen LogP contribution in [0.5, 0.6) is 0 Å². The maximum absolute atomic E-state index is 12.0. The van der Waals surface area contributed by atoms with Crippen molar-refractivity contribution in [1.29, 1.82) is 0 Å². The van der Waals surface area contributed by atoms with Crippen LogP contribution in [0, 0.1) is 0 Å². The molecule has 1 amide bonds. The largest absolute Gasteiger partial charge is 0.345 e. The van der Waals surface area contributed by atoms with E-state index in [0.29, 0.717) is 12.3 Å². The second-order valence-electron chi connectivity index (χ2n) is 4.64. The van der Waals surface area contributed by atoms with Crippen molar-refractivity contribution in [3.05, 3.63) is 11.6 Å². The van der Waals surface area contributed by atoms with Crippen LogP contribution < -0.4 is 4.90 Å². The van der Waals surface area contributed by atoms with Crippen LogP contribution in [-0.2, 0) is 4.79 Å². The predicted molar refractivity (Wildman–Crippen MR) is 75.0 cm³/mol. The van der Waals surface area contributed by atoms with Gasteiger partial charge in [-0.05, 0) is 6.42 Å². The number of anilines is 1. The number of aromatic nitrogens is 1. The van der Waals surface area contributed by atoms with Crippen molar-refractivity contribution < 1.29 is 4.79 Å². The Morgan fingerprint density at radius 2 is 2.11 bits per heavy atom. The number of hydrogen-bond donors (Lipinski definition) is 0. The number of rotatable bonds is 5. The fourth-order valence-corrected chi connectivity index (χ4v) is 2.90. The third-order valence-electron chi connectivity index (χ3n) is 3.32. The van der Waals surface area contributed by atoms with Crippen LogP contribution in [0.1, 0.15) is 32.6 Å². The van der Waals surface area contributed by atoms with Crippen molar-refractivity contribution in [3.63, 3.8) is 0 Å². The average Bonchev–Trinajstić information content (AvgIpc) is 2.93. The summed E-state index contributed by atoms with van der Waals surface area (Å²) in [7, 11) is 0. The maximum atomic E-state index is 12.0. The van der Waals surface area contributed by atoms with Gasteiger partial charge in [-0.15, -0.1) is 11.3 Å². The summed E-state index contributed by atoms with van der Waals surface area (Å²) in [5.41, 5.74) is 0. The van der Waals surface area contributed by atoms with Crippen LogP contribution in [0.3, 0.4) is 0 Å². The first-order chi connectivity index (χ1) is 8.81. The Balaban J connectivity index is 1.74. The molecule has 2 heterocycles. The smallest absolute Gasteiger partial charge is 0.222 e. The summed E-state index contributed by atoms with van der Waals surface area (Å²) in [5, 5.41) is 3.07. The number of piperazine rings is 1. The van der Waals surface area contributed by atoms with Gasteiger partial charge in [0.1, 0.15) is 0 Å². The molecule has 4 nitrogen and oxygen atoms in total. The molecule has 0 N–H and O–H groups in total. The van der Waals surface area contributed by atoms with Crippen molar-refractivity contribution in [2.45, 2.75) is 32.6 Å². The first-order valence-electron chi connectivity index (χ1n) is 6.73. The lowest BCUT2D eigenvalue weighted by molar-refractivity contribution is -0.131. The van der Waals surface area contributed by atoms with E-state index in [9.17, 15) is 4.79 Å². The summed E-state index contributed by atoms with van der Waals surface area (Å²) in [6.07, 6.45) is 5.91. The van der Waals surface area contributed by atoms with E-state index in [0.717, 1.165) is 44.2 Å². The number of nitrogens with zero attached hydrogens (tertiary/aromatic N) is 3. The number of carbonyl (C=O) groups is 1. The predicted octanol–water partition coefficient (Wildman–Crippen LogP) is 2.37. The Kier molecular flexibility index (Phi) is 4.99. The number of hydrogen-bond acceptors (Lipinski definition) is 4. The number of unbranched alkanes of at least 4 members (excludes halogenated alkanes) is 2. The highest BCUT2D eigenvalue weighted by Gasteiger charge is 2.21. The molecule has 18 heavy (non-hydrogen) atoms. The Morgan fingerprint density at radius 3 is 2.72 bits per heavy atom. The molecule has 1 aliphatic rings. The lowest BCUT2D eigenvalue weighted by atomic mass is 10.2. The molecule has 5 heteroatoms. The molecule has 0 radical (unpaired) electrons. The van der Waals surface area contributed by atoms with Gasteiger partial charge in [-0.1, -0.05) is 19.8 Å². The molecule has 0 saturated carbocycles. The molecule has 1 aromatic rings. The molecule has 100 valence electrons. The molecular weight excluding hydrogens is 246 g/mol. The van der Waals surface area contributed by atoms with E-state index in [4.69, 9.17) is 0 Å². The van der Waals surface area contributed by atoms with E-state index >= 15 is 0 Å². The van der Waals surface area contributed by atoms with Crippen molar-refractivity contribution >= 4 is 22.4 Å². The first-order valence-corrected chi connectivity index (χ1v) is 7.61. The molecule has 0 aromatic carbocycles. The zero-order chi connectivity index (χ0) is 12.8. The highest BCUT2D eigenvalue weighted by Crippen LogP contribution is 2.19. The monoisotopic (exact) mass is 267 g/mol. The van der Waals surface area contributed by atoms with E-state index in [-0.39, 0.29) is 0 Å². The number of thiazole rings is 1. The second-order valence-corrected chi connectivity index (χ2v) is 5.51. The van der Waals surface area contributed by atoms with E-state index in [1.54, 1.807) is 11.3 Å². The minimum absolute atomic E-state index is 0.322. The third-order valence-corrected chi connectivity index (χ3v) is 4.15. The van der Waals surface area contributed by atoms with Gasteiger partial charge in [0, 0.05) is 44.2 Å². The Labute approximate surface area is 113 Å². The summed E-state index contributed by atoms with van der Waals surface area (Å²) in [4.78, 5) is 20.5. The Morgan fingerprint density at radius 1 is 1.33 bits per heavy atom. The van der Waals surface area contributed by atoms with Gasteiger partial charge in [0.15, 0.2) is 5.13 Å². The minimum Gasteiger partial charge on any atom is -0.345 e. The van der Waals surface area contributed by atoms with Gasteiger partial charge in [0.25, 0.3) is 0 Å². The van der Waals surface area contributed by atoms with E-state index < -0.39 is 0 Å². The summed E-state index contributed by atoms with van der Waals surface area (Å²) < 4.78 is 0. The van der Waals surface area contributed by atoms with Crippen LogP contribution in [0.4, 0.5) is 5.13 Å². The zero-order valence-corrected chi connectivity index (χ0v) is 11.8. The van der Waals surface area contributed by atoms with Gasteiger partial charge in [0.05, 0.1) is 0 Å². The van der Waals surface area contributed by atoms with Gasteiger partial charge < -0.3 is 9.80 Å². The Bertz CT molecular complexity index is 358. The SMILES string of the molecule is CCCCCC(=O)N1CCN(c2nccs2)CC1. The summed E-state index contributed by atoms with van der Waals surface area (Å²) >= 11 is 1.67. The van der Waals surface area contributed by atoms with Crippen LogP contribution >= 0.6 is 11.3 Å². The van der Waals surface area contributed by atoms with E-state index in [1.165, 1.54) is 6.42 Å². The highest BCUT2D eigenvalue weighted by molar-refractivity contribution is 7.13. The molecule has 0 unspecified atom stereocenters. The van der Waals surface area contributed by atoms with E-state index in [2.05, 4.69) is 16.8 Å². The lowest BCUT2D eigenvalue weighted by Crippen LogP contribution is -2.48.